The highest BCUT2D eigenvalue weighted by molar-refractivity contribution is 7.99. The molecule has 692 valence electrons. The molecule has 11 aromatic heterocycles. The first-order valence-electron chi connectivity index (χ1n) is 44.3. The zero-order valence-corrected chi connectivity index (χ0v) is 82.3. The fraction of sp³-hybridized carbons (Fsp3) is 0.467. The summed E-state index contributed by atoms with van der Waals surface area (Å²) in [6.07, 6.45) is 14.8. The largest absolute Gasteiger partial charge is 0.493 e. The number of ether oxygens (including phenoxy) is 6. The molecular formula is C92H121N25O6S7. The van der Waals surface area contributed by atoms with Gasteiger partial charge in [-0.25, -0.2) is 69.8 Å². The van der Waals surface area contributed by atoms with Gasteiger partial charge in [0.1, 0.15) is 81.7 Å². The van der Waals surface area contributed by atoms with Crippen LogP contribution in [-0.2, 0) is 6.42 Å². The van der Waals surface area contributed by atoms with Crippen LogP contribution in [0.2, 0.25) is 0 Å². The van der Waals surface area contributed by atoms with E-state index in [-0.39, 0.29) is 27.9 Å². The number of nitrogen functional groups attached to an aromatic ring is 5. The van der Waals surface area contributed by atoms with E-state index in [2.05, 4.69) is 128 Å². The molecule has 31 nitrogen and oxygen atoms in total. The van der Waals surface area contributed by atoms with E-state index in [0.717, 1.165) is 164 Å². The van der Waals surface area contributed by atoms with Crippen LogP contribution in [0.4, 0.5) is 29.1 Å². The third kappa shape index (κ3) is 28.8. The minimum absolute atomic E-state index is 0.0466. The van der Waals surface area contributed by atoms with Gasteiger partial charge in [0.2, 0.25) is 17.6 Å². The van der Waals surface area contributed by atoms with E-state index < -0.39 is 0 Å². The molecular weight excluding hydrogens is 1780 g/mol. The SMILES string of the molecule is CCCc1sc(-c2ccc(OC)c(OCCN3CCN(C)CC3)c2)nc1[C@H](C)Sc1nc(N)cc(N)n1.Cc1cc(N)nc(O[C@@H](C)c2nc(-c3ccnc(OCCN4CCCCC4)c3)sc2C)n1.Cc1cc(N)nc(S[C@@H](C)c2nc(-c3ccnc(OCCN4CCC4)c3)sc2C)n1.Cc1cc(N)nc(S[C@@H](C)c2nc(-c3ccnc(OCCN4CCCC4)c3)sc2C)n1. The van der Waals surface area contributed by atoms with Crippen molar-refractivity contribution in [3.63, 3.8) is 0 Å². The summed E-state index contributed by atoms with van der Waals surface area (Å²) in [5.41, 5.74) is 39.8. The monoisotopic (exact) mass is 1900 g/mol. The van der Waals surface area contributed by atoms with Crippen LogP contribution in [-0.4, -0.2) is 231 Å². The number of pyridine rings is 3. The summed E-state index contributed by atoms with van der Waals surface area (Å²) >= 11 is 11.4. The second kappa shape index (κ2) is 48.0. The van der Waals surface area contributed by atoms with Crippen LogP contribution in [0.25, 0.3) is 42.3 Å². The van der Waals surface area contributed by atoms with Gasteiger partial charge in [-0.1, -0.05) is 55.1 Å². The zero-order chi connectivity index (χ0) is 91.7. The number of piperidine rings is 1. The summed E-state index contributed by atoms with van der Waals surface area (Å²) in [5, 5.41) is 5.99. The highest BCUT2D eigenvalue weighted by Crippen LogP contribution is 2.45. The van der Waals surface area contributed by atoms with Crippen LogP contribution in [0.1, 0.15) is 161 Å². The van der Waals surface area contributed by atoms with Gasteiger partial charge in [0, 0.05) is 172 Å². The maximum Gasteiger partial charge on any atom is 0.319 e. The van der Waals surface area contributed by atoms with Crippen molar-refractivity contribution in [2.24, 2.45) is 0 Å². The highest BCUT2D eigenvalue weighted by Gasteiger charge is 2.27. The minimum atomic E-state index is -0.302. The molecule has 15 heterocycles. The van der Waals surface area contributed by atoms with Gasteiger partial charge in [0.25, 0.3) is 0 Å². The van der Waals surface area contributed by atoms with Crippen molar-refractivity contribution in [2.75, 3.05) is 161 Å². The first kappa shape index (κ1) is 97.7. The van der Waals surface area contributed by atoms with E-state index in [4.69, 9.17) is 77.0 Å². The van der Waals surface area contributed by atoms with Crippen LogP contribution in [0.5, 0.6) is 35.1 Å². The molecule has 4 saturated heterocycles. The maximum absolute atomic E-state index is 6.21. The Hall–Kier alpha value is -9.84. The van der Waals surface area contributed by atoms with Crippen LogP contribution < -0.4 is 57.1 Å². The molecule has 16 rings (SSSR count). The molecule has 130 heavy (non-hydrogen) atoms. The second-order valence-corrected chi connectivity index (χ2v) is 41.0. The number of methoxy groups -OCH3 is 1. The topological polar surface area (TPSA) is 395 Å². The quantitative estimate of drug-likeness (QED) is 0.0182. The van der Waals surface area contributed by atoms with Gasteiger partial charge in [-0.15, -0.1) is 45.3 Å². The first-order valence-corrected chi connectivity index (χ1v) is 50.2. The van der Waals surface area contributed by atoms with Gasteiger partial charge in [0.05, 0.1) is 45.6 Å². The number of hydrogen-bond donors (Lipinski definition) is 5. The Morgan fingerprint density at radius 1 is 0.377 bits per heavy atom. The lowest BCUT2D eigenvalue weighted by Crippen LogP contribution is -2.45. The number of piperazine rings is 1. The van der Waals surface area contributed by atoms with Crippen molar-refractivity contribution in [3.05, 3.63) is 157 Å². The average Bonchev–Trinajstić information content (AvgIpc) is 1.68. The Kier molecular flexibility index (Phi) is 36.1. The lowest BCUT2D eigenvalue weighted by atomic mass is 10.1. The fourth-order valence-corrected chi connectivity index (χ4v) is 22.4. The predicted octanol–water partition coefficient (Wildman–Crippen LogP) is 17.1. The Morgan fingerprint density at radius 3 is 1.19 bits per heavy atom. The van der Waals surface area contributed by atoms with Gasteiger partial charge < -0.3 is 62.0 Å². The molecule has 10 N–H and O–H groups in total. The molecule has 38 heteroatoms. The van der Waals surface area contributed by atoms with Crippen molar-refractivity contribution in [3.8, 4) is 77.4 Å². The molecule has 0 amide bonds. The number of hydrogen-bond acceptors (Lipinski definition) is 38. The molecule has 12 aromatic rings. The molecule has 0 spiro atoms. The summed E-state index contributed by atoms with van der Waals surface area (Å²) in [6.45, 7) is 40.1. The normalized spacial score (nSPS) is 15.4. The van der Waals surface area contributed by atoms with E-state index >= 15 is 0 Å². The molecule has 4 aliphatic rings. The van der Waals surface area contributed by atoms with Gasteiger partial charge in [-0.2, -0.15) is 4.98 Å². The molecule has 4 aliphatic heterocycles. The van der Waals surface area contributed by atoms with Crippen molar-refractivity contribution in [1.29, 1.82) is 0 Å². The molecule has 0 saturated carbocycles. The average molecular weight is 1900 g/mol. The molecule has 0 bridgehead atoms. The molecule has 0 unspecified atom stereocenters. The van der Waals surface area contributed by atoms with Crippen LogP contribution in [0.3, 0.4) is 0 Å². The Bertz CT molecular complexity index is 5560. The summed E-state index contributed by atoms with van der Waals surface area (Å²) in [7, 11) is 3.84. The van der Waals surface area contributed by atoms with Gasteiger partial charge in [-0.3, -0.25) is 19.6 Å². The fourth-order valence-electron chi connectivity index (χ4n) is 14.9. The summed E-state index contributed by atoms with van der Waals surface area (Å²) in [6, 6.07) is 24.9. The number of thioether (sulfide) groups is 3. The number of thiazole rings is 4. The van der Waals surface area contributed by atoms with E-state index in [9.17, 15) is 0 Å². The van der Waals surface area contributed by atoms with Crippen LogP contribution in [0, 0.1) is 41.5 Å². The maximum atomic E-state index is 6.21. The van der Waals surface area contributed by atoms with E-state index in [1.807, 2.05) is 89.2 Å². The van der Waals surface area contributed by atoms with Crippen LogP contribution >= 0.6 is 80.6 Å². The zero-order valence-electron chi connectivity index (χ0n) is 76.6. The molecule has 4 atom stereocenters. The van der Waals surface area contributed by atoms with Gasteiger partial charge >= 0.3 is 6.01 Å². The predicted molar refractivity (Wildman–Crippen MR) is 528 cm³/mol. The second-order valence-electron chi connectivity index (χ2n) is 32.3. The Balaban J connectivity index is 0.000000148. The smallest absolute Gasteiger partial charge is 0.319 e. The van der Waals surface area contributed by atoms with E-state index in [1.165, 1.54) is 104 Å². The Morgan fingerprint density at radius 2 is 0.754 bits per heavy atom. The van der Waals surface area contributed by atoms with Gasteiger partial charge in [0.15, 0.2) is 27.0 Å². The third-order valence-electron chi connectivity index (χ3n) is 21.9. The van der Waals surface area contributed by atoms with E-state index in [0.29, 0.717) is 88.6 Å². The number of likely N-dealkylation sites (tertiary alicyclic amines) is 3. The van der Waals surface area contributed by atoms with Gasteiger partial charge in [-0.05, 0) is 190 Å². The number of aryl methyl sites for hydroxylation is 7. The lowest BCUT2D eigenvalue weighted by molar-refractivity contribution is 0.133. The van der Waals surface area contributed by atoms with Crippen molar-refractivity contribution in [2.45, 2.75) is 165 Å². The third-order valence-corrected chi connectivity index (χ3v) is 29.1. The van der Waals surface area contributed by atoms with Crippen LogP contribution in [0.15, 0.2) is 113 Å². The number of likely N-dealkylation sites (N-methyl/N-ethyl adjacent to an activating group) is 1. The number of nitrogens with zero attached hydrogens (tertiary/aromatic N) is 20. The molecule has 0 radical (unpaired) electrons. The molecule has 1 aromatic carbocycles. The minimum Gasteiger partial charge on any atom is -0.493 e. The molecule has 0 aliphatic carbocycles. The summed E-state index contributed by atoms with van der Waals surface area (Å²) < 4.78 is 35.4. The highest BCUT2D eigenvalue weighted by atomic mass is 32.2. The standard InChI is InChI=1S/C26H37N7O2S2.C23H30N6O2S.C22H28N6OS2.C21H26N6OS2/c1-5-6-21-24(17(2)36-26-29-22(27)16-23(28)30-26)31-25(37-21)18-7-8-19(34-4)20(15-18)35-14-13-33-11-9-32(3)10-12-33;1-15-13-19(24)27-23(26-15)31-16(2)21-17(3)32-22(28-21)18-7-8-25-20(14-18)30-12-11-29-9-5-4-6-10-29;1-14-12-18(23)26-22(25-14)31-16(3)20-15(2)30-21(27-20)17-6-7-24-19(13-17)29-11-10-28-8-4-5-9-28;1-13-11-17(22)25-21(24-13)30-15(3)19-14(2)29-20(26-19)16-5-6-23-18(12-16)28-10-9-27-7-4-8-27/h7-8,15-17H,5-6,9-14H2,1-4H3,(H4,27,28,29,30);7-8,13-14,16H,4-6,9-12H2,1-3H3,(H2,24,26,27);6-7,12-13,16H,4-5,8-11H2,1-3H3,(H2,23,25,26);5-6,11-12,15H,4,7-10H2,1-3H3,(H2,22,24,25)/t17-;2*16-;15-/m0000/s1. The Labute approximate surface area is 791 Å². The number of anilines is 5. The molecule has 4 fully saturated rings. The summed E-state index contributed by atoms with van der Waals surface area (Å²) in [4.78, 5) is 84.3. The number of nitrogens with two attached hydrogens (primary N) is 5. The summed E-state index contributed by atoms with van der Waals surface area (Å²) in [5.74, 6) is 5.51. The number of rotatable bonds is 35. The lowest BCUT2D eigenvalue weighted by Gasteiger charge is -2.32. The van der Waals surface area contributed by atoms with Crippen molar-refractivity contribution in [1.82, 2.24) is 99.3 Å². The number of aromatic nitrogens is 15. The first-order chi connectivity index (χ1) is 62.8. The van der Waals surface area contributed by atoms with Crippen molar-refractivity contribution < 1.29 is 28.4 Å². The number of benzene rings is 1. The van der Waals surface area contributed by atoms with Crippen molar-refractivity contribution >= 4 is 110 Å². The van der Waals surface area contributed by atoms with E-state index in [1.54, 1.807) is 119 Å².